The van der Waals surface area contributed by atoms with E-state index in [1.165, 1.54) is 6.26 Å². The normalized spacial score (nSPS) is 10.7. The van der Waals surface area contributed by atoms with Gasteiger partial charge >= 0.3 is 0 Å². The minimum absolute atomic E-state index is 0.554. The highest BCUT2D eigenvalue weighted by molar-refractivity contribution is 6.32. The molecule has 2 N–H and O–H groups in total. The van der Waals surface area contributed by atoms with Crippen molar-refractivity contribution in [1.82, 2.24) is 0 Å². The summed E-state index contributed by atoms with van der Waals surface area (Å²) < 4.78 is 10.5. The van der Waals surface area contributed by atoms with Gasteiger partial charge in [-0.1, -0.05) is 11.6 Å². The Morgan fingerprint density at radius 3 is 2.50 bits per heavy atom. The van der Waals surface area contributed by atoms with Crippen molar-refractivity contribution in [3.05, 3.63) is 35.2 Å². The molecule has 0 saturated carbocycles. The zero-order chi connectivity index (χ0) is 9.97. The van der Waals surface area contributed by atoms with Crippen LogP contribution in [-0.2, 0) is 6.42 Å². The van der Waals surface area contributed by atoms with Crippen LogP contribution in [0.5, 0.6) is 0 Å². The maximum atomic E-state index is 5.92. The molecule has 0 bridgehead atoms. The number of rotatable bonds is 3. The smallest absolute Gasteiger partial charge is 0.187 e. The first-order valence-corrected chi connectivity index (χ1v) is 4.70. The van der Waals surface area contributed by atoms with Crippen LogP contribution < -0.4 is 5.73 Å². The van der Waals surface area contributed by atoms with Gasteiger partial charge in [-0.3, -0.25) is 0 Å². The topological polar surface area (TPSA) is 52.3 Å². The van der Waals surface area contributed by atoms with E-state index in [1.54, 1.807) is 12.3 Å². The second kappa shape index (κ2) is 3.90. The van der Waals surface area contributed by atoms with E-state index in [0.29, 0.717) is 23.1 Å². The molecule has 3 nitrogen and oxygen atoms in total. The van der Waals surface area contributed by atoms with Crippen molar-refractivity contribution in [2.75, 3.05) is 6.54 Å². The zero-order valence-electron chi connectivity index (χ0n) is 7.50. The fourth-order valence-corrected chi connectivity index (χ4v) is 1.52. The number of hydrogen-bond acceptors (Lipinski definition) is 3. The Kier molecular flexibility index (Phi) is 2.61. The predicted molar refractivity (Wildman–Crippen MR) is 54.2 cm³/mol. The van der Waals surface area contributed by atoms with Crippen molar-refractivity contribution in [1.29, 1.82) is 0 Å². The monoisotopic (exact) mass is 211 g/mol. The van der Waals surface area contributed by atoms with Crippen LogP contribution in [0.2, 0.25) is 5.02 Å². The van der Waals surface area contributed by atoms with Crippen LogP contribution in [0.1, 0.15) is 5.56 Å². The molecule has 0 spiro atoms. The summed E-state index contributed by atoms with van der Waals surface area (Å²) in [5, 5.41) is 0.554. The third-order valence-corrected chi connectivity index (χ3v) is 2.28. The van der Waals surface area contributed by atoms with Crippen LogP contribution in [0.15, 0.2) is 33.5 Å². The average Bonchev–Trinajstić information content (AvgIpc) is 2.74. The molecule has 0 aromatic carbocycles. The Hall–Kier alpha value is -1.19. The van der Waals surface area contributed by atoms with Crippen molar-refractivity contribution in [2.45, 2.75) is 6.42 Å². The van der Waals surface area contributed by atoms with E-state index < -0.39 is 0 Å². The lowest BCUT2D eigenvalue weighted by Gasteiger charge is -1.97. The minimum atomic E-state index is 0.554. The van der Waals surface area contributed by atoms with Crippen LogP contribution in [0, 0.1) is 0 Å². The first kappa shape index (κ1) is 9.37. The zero-order valence-corrected chi connectivity index (χ0v) is 8.25. The maximum Gasteiger partial charge on any atom is 0.187 e. The molecule has 0 unspecified atom stereocenters. The lowest BCUT2D eigenvalue weighted by atomic mass is 10.1. The van der Waals surface area contributed by atoms with Gasteiger partial charge < -0.3 is 14.6 Å². The van der Waals surface area contributed by atoms with Crippen molar-refractivity contribution in [2.24, 2.45) is 5.73 Å². The van der Waals surface area contributed by atoms with Crippen LogP contribution in [0.25, 0.3) is 11.5 Å². The molecule has 0 fully saturated rings. The van der Waals surface area contributed by atoms with Gasteiger partial charge in [-0.15, -0.1) is 0 Å². The molecule has 4 heteroatoms. The fourth-order valence-electron chi connectivity index (χ4n) is 1.34. The van der Waals surface area contributed by atoms with Gasteiger partial charge in [0.1, 0.15) is 0 Å². The molecule has 0 aliphatic rings. The highest BCUT2D eigenvalue weighted by Gasteiger charge is 2.14. The van der Waals surface area contributed by atoms with E-state index in [2.05, 4.69) is 0 Å². The Morgan fingerprint density at radius 2 is 1.86 bits per heavy atom. The van der Waals surface area contributed by atoms with Crippen molar-refractivity contribution in [3.63, 3.8) is 0 Å². The first-order valence-electron chi connectivity index (χ1n) is 4.32. The van der Waals surface area contributed by atoms with Gasteiger partial charge in [0.15, 0.2) is 11.5 Å². The summed E-state index contributed by atoms with van der Waals surface area (Å²) in [4.78, 5) is 0. The highest BCUT2D eigenvalue weighted by Crippen LogP contribution is 2.32. The van der Waals surface area contributed by atoms with Crippen molar-refractivity contribution < 1.29 is 8.83 Å². The van der Waals surface area contributed by atoms with E-state index in [1.807, 2.05) is 6.07 Å². The number of hydrogen-bond donors (Lipinski definition) is 1. The summed E-state index contributed by atoms with van der Waals surface area (Å²) in [6, 6.07) is 3.56. The van der Waals surface area contributed by atoms with Crippen LogP contribution in [0.4, 0.5) is 0 Å². The molecular weight excluding hydrogens is 202 g/mol. The van der Waals surface area contributed by atoms with E-state index in [9.17, 15) is 0 Å². The molecule has 74 valence electrons. The third kappa shape index (κ3) is 1.56. The summed E-state index contributed by atoms with van der Waals surface area (Å²) in [7, 11) is 0. The van der Waals surface area contributed by atoms with Crippen molar-refractivity contribution in [3.8, 4) is 11.5 Å². The number of halogens is 1. The number of furan rings is 2. The van der Waals surface area contributed by atoms with Crippen molar-refractivity contribution >= 4 is 11.6 Å². The summed E-state index contributed by atoms with van der Waals surface area (Å²) in [6.45, 7) is 0.574. The second-order valence-corrected chi connectivity index (χ2v) is 3.32. The van der Waals surface area contributed by atoms with Gasteiger partial charge in [0.2, 0.25) is 0 Å². The summed E-state index contributed by atoms with van der Waals surface area (Å²) in [5.41, 5.74) is 6.49. The predicted octanol–water partition coefficient (Wildman–Crippen LogP) is 2.69. The lowest BCUT2D eigenvalue weighted by Crippen LogP contribution is -2.02. The lowest BCUT2D eigenvalue weighted by molar-refractivity contribution is 0.522. The third-order valence-electron chi connectivity index (χ3n) is 1.98. The molecular formula is C10H10ClNO2. The Balaban J connectivity index is 2.41. The summed E-state index contributed by atoms with van der Waals surface area (Å²) >= 11 is 5.92. The largest absolute Gasteiger partial charge is 0.461 e. The van der Waals surface area contributed by atoms with E-state index in [-0.39, 0.29) is 0 Å². The van der Waals surface area contributed by atoms with Gasteiger partial charge in [-0.25, -0.2) is 0 Å². The average molecular weight is 212 g/mol. The van der Waals surface area contributed by atoms with E-state index in [4.69, 9.17) is 26.2 Å². The molecule has 0 saturated heterocycles. The summed E-state index contributed by atoms with van der Waals surface area (Å²) in [5.74, 6) is 1.24. The van der Waals surface area contributed by atoms with Crippen LogP contribution >= 0.6 is 11.6 Å². The van der Waals surface area contributed by atoms with E-state index >= 15 is 0 Å². The van der Waals surface area contributed by atoms with Crippen LogP contribution in [-0.4, -0.2) is 6.54 Å². The number of nitrogens with two attached hydrogens (primary N) is 1. The molecule has 2 rings (SSSR count). The van der Waals surface area contributed by atoms with Gasteiger partial charge in [0.05, 0.1) is 17.5 Å². The molecule has 2 aromatic rings. The van der Waals surface area contributed by atoms with Crippen LogP contribution in [0.3, 0.4) is 0 Å². The Bertz CT molecular complexity index is 419. The van der Waals surface area contributed by atoms with E-state index in [0.717, 1.165) is 12.0 Å². The first-order chi connectivity index (χ1) is 6.83. The molecule has 0 atom stereocenters. The molecule has 2 heterocycles. The molecule has 0 aliphatic heterocycles. The molecule has 0 radical (unpaired) electrons. The molecule has 0 amide bonds. The summed E-state index contributed by atoms with van der Waals surface area (Å²) in [6.07, 6.45) is 3.90. The maximum absolute atomic E-state index is 5.92. The minimum Gasteiger partial charge on any atom is -0.461 e. The van der Waals surface area contributed by atoms with Gasteiger partial charge in [0.25, 0.3) is 0 Å². The molecule has 0 aliphatic carbocycles. The SMILES string of the molecule is NCCc1ccoc1-c1occc1Cl. The van der Waals surface area contributed by atoms with Gasteiger partial charge in [-0.05, 0) is 25.1 Å². The fraction of sp³-hybridized carbons (Fsp3) is 0.200. The Labute approximate surface area is 86.5 Å². The second-order valence-electron chi connectivity index (χ2n) is 2.91. The standard InChI is InChI=1S/C10H10ClNO2/c11-8-3-6-14-10(8)9-7(1-4-12)2-5-13-9/h2-3,5-6H,1,4,12H2. The quantitative estimate of drug-likeness (QED) is 0.849. The van der Waals surface area contributed by atoms with Gasteiger partial charge in [0, 0.05) is 5.56 Å². The Morgan fingerprint density at radius 1 is 1.14 bits per heavy atom. The van der Waals surface area contributed by atoms with Gasteiger partial charge in [-0.2, -0.15) is 0 Å². The highest BCUT2D eigenvalue weighted by atomic mass is 35.5. The molecule has 2 aromatic heterocycles. The molecule has 14 heavy (non-hydrogen) atoms.